The number of nitrogens with zero attached hydrogens (tertiary/aromatic N) is 2. The Hall–Kier alpha value is -1.91. The zero-order chi connectivity index (χ0) is 15.6. The highest BCUT2D eigenvalue weighted by Gasteiger charge is 2.34. The Kier molecular flexibility index (Phi) is 4.60. The van der Waals surface area contributed by atoms with Crippen LogP contribution in [0.4, 0.5) is 10.1 Å². The quantitative estimate of drug-likeness (QED) is 0.858. The first kappa shape index (κ1) is 15.5. The standard InChI is InChI=1S/C16H21FN2O2/c1-11(2)10-15(20)18-8-9-19(16(21)12(18)3)14-6-4-13(17)5-7-14/h4-7,11-12H,8-10H2,1-3H3/t12-/m1/s1. The van der Waals surface area contributed by atoms with Crippen LogP contribution in [0.5, 0.6) is 0 Å². The summed E-state index contributed by atoms with van der Waals surface area (Å²) in [6.45, 7) is 6.67. The highest BCUT2D eigenvalue weighted by Crippen LogP contribution is 2.21. The molecular weight excluding hydrogens is 271 g/mol. The van der Waals surface area contributed by atoms with E-state index in [1.165, 1.54) is 12.1 Å². The molecule has 5 heteroatoms. The molecule has 1 aromatic rings. The van der Waals surface area contributed by atoms with E-state index in [9.17, 15) is 14.0 Å². The number of benzene rings is 1. The minimum Gasteiger partial charge on any atom is -0.329 e. The van der Waals surface area contributed by atoms with Crippen LogP contribution in [0.15, 0.2) is 24.3 Å². The van der Waals surface area contributed by atoms with Crippen LogP contribution in [0.25, 0.3) is 0 Å². The van der Waals surface area contributed by atoms with Gasteiger partial charge in [-0.25, -0.2) is 4.39 Å². The zero-order valence-electron chi connectivity index (χ0n) is 12.7. The van der Waals surface area contributed by atoms with Crippen molar-refractivity contribution in [1.29, 1.82) is 0 Å². The molecule has 4 nitrogen and oxygen atoms in total. The second-order valence-electron chi connectivity index (χ2n) is 5.83. The third-order valence-corrected chi connectivity index (χ3v) is 3.70. The molecule has 1 fully saturated rings. The molecule has 2 amide bonds. The fourth-order valence-electron chi connectivity index (χ4n) is 2.55. The number of carbonyl (C=O) groups excluding carboxylic acids is 2. The summed E-state index contributed by atoms with van der Waals surface area (Å²) in [5.74, 6) is -0.158. The first-order chi connectivity index (χ1) is 9.90. The summed E-state index contributed by atoms with van der Waals surface area (Å²) >= 11 is 0. The maximum Gasteiger partial charge on any atom is 0.249 e. The zero-order valence-corrected chi connectivity index (χ0v) is 12.7. The molecule has 0 N–H and O–H groups in total. The Morgan fingerprint density at radius 2 is 1.90 bits per heavy atom. The molecule has 0 radical (unpaired) electrons. The van der Waals surface area contributed by atoms with E-state index >= 15 is 0 Å². The summed E-state index contributed by atoms with van der Waals surface area (Å²) < 4.78 is 13.0. The van der Waals surface area contributed by atoms with Gasteiger partial charge in [-0.2, -0.15) is 0 Å². The van der Waals surface area contributed by atoms with Crippen molar-refractivity contribution < 1.29 is 14.0 Å². The lowest BCUT2D eigenvalue weighted by molar-refractivity contribution is -0.141. The van der Waals surface area contributed by atoms with Gasteiger partial charge in [0, 0.05) is 25.2 Å². The summed E-state index contributed by atoms with van der Waals surface area (Å²) in [5.41, 5.74) is 0.671. The van der Waals surface area contributed by atoms with E-state index in [0.717, 1.165) is 0 Å². The number of hydrogen-bond acceptors (Lipinski definition) is 2. The van der Waals surface area contributed by atoms with E-state index in [4.69, 9.17) is 0 Å². The van der Waals surface area contributed by atoms with Gasteiger partial charge < -0.3 is 9.80 Å². The monoisotopic (exact) mass is 292 g/mol. The van der Waals surface area contributed by atoms with Gasteiger partial charge in [0.1, 0.15) is 11.9 Å². The third-order valence-electron chi connectivity index (χ3n) is 3.70. The molecule has 1 atom stereocenters. The molecular formula is C16H21FN2O2. The second-order valence-corrected chi connectivity index (χ2v) is 5.83. The van der Waals surface area contributed by atoms with E-state index in [0.29, 0.717) is 25.2 Å². The van der Waals surface area contributed by atoms with Gasteiger partial charge in [0.05, 0.1) is 0 Å². The van der Waals surface area contributed by atoms with E-state index in [2.05, 4.69) is 0 Å². The van der Waals surface area contributed by atoms with E-state index in [1.807, 2.05) is 13.8 Å². The van der Waals surface area contributed by atoms with Crippen molar-refractivity contribution in [2.24, 2.45) is 5.92 Å². The summed E-state index contributed by atoms with van der Waals surface area (Å²) in [6.07, 6.45) is 0.453. The topological polar surface area (TPSA) is 40.6 Å². The molecule has 21 heavy (non-hydrogen) atoms. The van der Waals surface area contributed by atoms with E-state index < -0.39 is 6.04 Å². The van der Waals surface area contributed by atoms with Gasteiger partial charge >= 0.3 is 0 Å². The van der Waals surface area contributed by atoms with Crippen LogP contribution >= 0.6 is 0 Å². The van der Waals surface area contributed by atoms with Gasteiger partial charge in [0.25, 0.3) is 0 Å². The van der Waals surface area contributed by atoms with Crippen molar-refractivity contribution >= 4 is 17.5 Å². The maximum absolute atomic E-state index is 13.0. The third kappa shape index (κ3) is 3.40. The lowest BCUT2D eigenvalue weighted by Crippen LogP contribution is -2.57. The van der Waals surface area contributed by atoms with Crippen LogP contribution in [0.3, 0.4) is 0 Å². The number of carbonyl (C=O) groups is 2. The predicted molar refractivity (Wildman–Crippen MR) is 79.4 cm³/mol. The van der Waals surface area contributed by atoms with Gasteiger partial charge in [-0.1, -0.05) is 13.8 Å². The summed E-state index contributed by atoms with van der Waals surface area (Å²) in [4.78, 5) is 27.9. The van der Waals surface area contributed by atoms with Crippen molar-refractivity contribution in [3.8, 4) is 0 Å². The van der Waals surface area contributed by atoms with Crippen LogP contribution in [0.2, 0.25) is 0 Å². The Balaban J connectivity index is 2.10. The van der Waals surface area contributed by atoms with Crippen LogP contribution in [-0.2, 0) is 9.59 Å². The predicted octanol–water partition coefficient (Wildman–Crippen LogP) is 2.44. The highest BCUT2D eigenvalue weighted by molar-refractivity contribution is 6.00. The fourth-order valence-corrected chi connectivity index (χ4v) is 2.55. The first-order valence-electron chi connectivity index (χ1n) is 7.26. The molecule has 1 aliphatic heterocycles. The number of amides is 2. The Labute approximate surface area is 124 Å². The molecule has 2 rings (SSSR count). The van der Waals surface area contributed by atoms with Crippen molar-refractivity contribution in [2.45, 2.75) is 33.2 Å². The normalized spacial score (nSPS) is 19.3. The maximum atomic E-state index is 13.0. The van der Waals surface area contributed by atoms with Crippen molar-refractivity contribution in [3.63, 3.8) is 0 Å². The molecule has 0 unspecified atom stereocenters. The number of piperazine rings is 1. The van der Waals surface area contributed by atoms with Crippen molar-refractivity contribution in [3.05, 3.63) is 30.1 Å². The average molecular weight is 292 g/mol. The lowest BCUT2D eigenvalue weighted by Gasteiger charge is -2.39. The van der Waals surface area contributed by atoms with E-state index in [1.54, 1.807) is 28.9 Å². The first-order valence-corrected chi connectivity index (χ1v) is 7.26. The second kappa shape index (κ2) is 6.24. The largest absolute Gasteiger partial charge is 0.329 e. The molecule has 1 aromatic carbocycles. The molecule has 0 spiro atoms. The Morgan fingerprint density at radius 1 is 1.29 bits per heavy atom. The van der Waals surface area contributed by atoms with Crippen LogP contribution in [0.1, 0.15) is 27.2 Å². The molecule has 1 heterocycles. The summed E-state index contributed by atoms with van der Waals surface area (Å²) in [7, 11) is 0. The smallest absolute Gasteiger partial charge is 0.249 e. The number of rotatable bonds is 3. The molecule has 0 aliphatic carbocycles. The molecule has 0 saturated carbocycles. The van der Waals surface area contributed by atoms with Gasteiger partial charge in [-0.15, -0.1) is 0 Å². The van der Waals surface area contributed by atoms with Crippen LogP contribution in [0, 0.1) is 11.7 Å². The average Bonchev–Trinajstić information content (AvgIpc) is 2.42. The number of halogens is 1. The SMILES string of the molecule is CC(C)CC(=O)N1CCN(c2ccc(F)cc2)C(=O)[C@H]1C. The summed E-state index contributed by atoms with van der Waals surface area (Å²) in [6, 6.07) is 5.37. The number of anilines is 1. The molecule has 1 aliphatic rings. The van der Waals surface area contributed by atoms with Gasteiger partial charge in [-0.05, 0) is 37.1 Å². The number of hydrogen-bond donors (Lipinski definition) is 0. The molecule has 0 aromatic heterocycles. The Morgan fingerprint density at radius 3 is 2.48 bits per heavy atom. The lowest BCUT2D eigenvalue weighted by atomic mass is 10.1. The van der Waals surface area contributed by atoms with Crippen molar-refractivity contribution in [1.82, 2.24) is 4.90 Å². The fraction of sp³-hybridized carbons (Fsp3) is 0.500. The van der Waals surface area contributed by atoms with Gasteiger partial charge in [0.2, 0.25) is 11.8 Å². The highest BCUT2D eigenvalue weighted by atomic mass is 19.1. The molecule has 114 valence electrons. The molecule has 1 saturated heterocycles. The summed E-state index contributed by atoms with van der Waals surface area (Å²) in [5, 5.41) is 0. The Bertz CT molecular complexity index is 528. The van der Waals surface area contributed by atoms with Gasteiger partial charge in [0.15, 0.2) is 0 Å². The van der Waals surface area contributed by atoms with E-state index in [-0.39, 0.29) is 23.5 Å². The van der Waals surface area contributed by atoms with Crippen LogP contribution in [-0.4, -0.2) is 35.8 Å². The van der Waals surface area contributed by atoms with Gasteiger partial charge in [-0.3, -0.25) is 9.59 Å². The minimum absolute atomic E-state index is 0.0182. The minimum atomic E-state index is -0.477. The molecule has 0 bridgehead atoms. The van der Waals surface area contributed by atoms with Crippen LogP contribution < -0.4 is 4.90 Å². The van der Waals surface area contributed by atoms with Crippen molar-refractivity contribution in [2.75, 3.05) is 18.0 Å².